The van der Waals surface area contributed by atoms with E-state index in [9.17, 15) is 13.2 Å². The van der Waals surface area contributed by atoms with Crippen LogP contribution in [0.4, 0.5) is 5.69 Å². The van der Waals surface area contributed by atoms with E-state index in [0.29, 0.717) is 45.0 Å². The van der Waals surface area contributed by atoms with Gasteiger partial charge in [-0.25, -0.2) is 8.42 Å². The molecule has 1 aromatic carbocycles. The minimum Gasteiger partial charge on any atom is -0.379 e. The molecule has 1 aromatic rings. The standard InChI is InChI=1S/C15H20N2O5S/c18-15(14-5-2-8-22-14)16-12-3-1-4-13(11-12)23(19,20)17-6-9-21-10-7-17/h1,3-4,11,14H,2,5-10H2,(H,16,18). The normalized spacial score (nSPS) is 22.9. The van der Waals surface area contributed by atoms with Crippen molar-refractivity contribution in [1.29, 1.82) is 0 Å². The lowest BCUT2D eigenvalue weighted by Crippen LogP contribution is -2.40. The smallest absolute Gasteiger partial charge is 0.253 e. The maximum absolute atomic E-state index is 12.6. The fourth-order valence-electron chi connectivity index (χ4n) is 2.68. The highest BCUT2D eigenvalue weighted by Crippen LogP contribution is 2.21. The number of nitrogens with zero attached hydrogens (tertiary/aromatic N) is 1. The molecule has 1 unspecified atom stereocenters. The molecule has 0 aromatic heterocycles. The number of carbonyl (C=O) groups is 1. The molecular formula is C15H20N2O5S. The lowest BCUT2D eigenvalue weighted by Gasteiger charge is -2.26. The second kappa shape index (κ2) is 6.96. The minimum absolute atomic E-state index is 0.171. The molecule has 0 saturated carbocycles. The highest BCUT2D eigenvalue weighted by Gasteiger charge is 2.27. The number of carbonyl (C=O) groups excluding carboxylic acids is 1. The molecule has 1 N–H and O–H groups in total. The molecule has 0 aliphatic carbocycles. The summed E-state index contributed by atoms with van der Waals surface area (Å²) in [5.41, 5.74) is 0.458. The fourth-order valence-corrected chi connectivity index (χ4v) is 4.13. The van der Waals surface area contributed by atoms with Gasteiger partial charge >= 0.3 is 0 Å². The summed E-state index contributed by atoms with van der Waals surface area (Å²) in [6.07, 6.45) is 1.11. The average Bonchev–Trinajstić information content (AvgIpc) is 3.10. The van der Waals surface area contributed by atoms with Crippen LogP contribution in [-0.2, 0) is 24.3 Å². The second-order valence-electron chi connectivity index (χ2n) is 5.54. The summed E-state index contributed by atoms with van der Waals surface area (Å²) in [5, 5.41) is 2.73. The Morgan fingerprint density at radius 3 is 2.70 bits per heavy atom. The summed E-state index contributed by atoms with van der Waals surface area (Å²) < 4.78 is 37.1. The number of anilines is 1. The Morgan fingerprint density at radius 2 is 2.00 bits per heavy atom. The van der Waals surface area contributed by atoms with Crippen molar-refractivity contribution in [3.05, 3.63) is 24.3 Å². The van der Waals surface area contributed by atoms with Crippen molar-refractivity contribution in [2.45, 2.75) is 23.8 Å². The van der Waals surface area contributed by atoms with Gasteiger partial charge in [-0.2, -0.15) is 4.31 Å². The molecule has 126 valence electrons. The van der Waals surface area contributed by atoms with Crippen LogP contribution in [0.5, 0.6) is 0 Å². The lowest BCUT2D eigenvalue weighted by molar-refractivity contribution is -0.124. The first-order chi connectivity index (χ1) is 11.1. The van der Waals surface area contributed by atoms with E-state index < -0.39 is 16.1 Å². The maximum Gasteiger partial charge on any atom is 0.253 e. The van der Waals surface area contributed by atoms with E-state index in [4.69, 9.17) is 9.47 Å². The van der Waals surface area contributed by atoms with Crippen LogP contribution in [0.15, 0.2) is 29.2 Å². The summed E-state index contributed by atoms with van der Waals surface area (Å²) in [5.74, 6) is -0.233. The third kappa shape index (κ3) is 3.72. The number of hydrogen-bond acceptors (Lipinski definition) is 5. The Bertz CT molecular complexity index is 664. The number of sulfonamides is 1. The third-order valence-electron chi connectivity index (χ3n) is 3.93. The number of ether oxygens (including phenoxy) is 2. The quantitative estimate of drug-likeness (QED) is 0.877. The van der Waals surface area contributed by atoms with Crippen LogP contribution >= 0.6 is 0 Å². The van der Waals surface area contributed by atoms with Crippen LogP contribution in [0.3, 0.4) is 0 Å². The predicted octanol–water partition coefficient (Wildman–Crippen LogP) is 0.825. The molecule has 0 radical (unpaired) electrons. The molecule has 2 heterocycles. The van der Waals surface area contributed by atoms with Gasteiger partial charge in [-0.05, 0) is 31.0 Å². The Balaban J connectivity index is 1.75. The number of hydrogen-bond donors (Lipinski definition) is 1. The van der Waals surface area contributed by atoms with E-state index in [2.05, 4.69) is 5.32 Å². The third-order valence-corrected chi connectivity index (χ3v) is 5.83. The predicted molar refractivity (Wildman–Crippen MR) is 83.6 cm³/mol. The van der Waals surface area contributed by atoms with Crippen LogP contribution in [0.2, 0.25) is 0 Å². The lowest BCUT2D eigenvalue weighted by atomic mass is 10.2. The van der Waals surface area contributed by atoms with Gasteiger partial charge in [0.15, 0.2) is 0 Å². The van der Waals surface area contributed by atoms with Crippen LogP contribution in [0, 0.1) is 0 Å². The minimum atomic E-state index is -3.57. The van der Waals surface area contributed by atoms with Crippen molar-refractivity contribution in [1.82, 2.24) is 4.31 Å². The summed E-state index contributed by atoms with van der Waals surface area (Å²) in [6, 6.07) is 6.31. The molecule has 2 fully saturated rings. The van der Waals surface area contributed by atoms with E-state index in [1.807, 2.05) is 0 Å². The monoisotopic (exact) mass is 340 g/mol. The SMILES string of the molecule is O=C(Nc1cccc(S(=O)(=O)N2CCOCC2)c1)C1CCCO1. The van der Waals surface area contributed by atoms with Crippen molar-refractivity contribution >= 4 is 21.6 Å². The van der Waals surface area contributed by atoms with Crippen LogP contribution in [0.25, 0.3) is 0 Å². The number of nitrogens with one attached hydrogen (secondary N) is 1. The molecule has 1 atom stereocenters. The molecule has 7 nitrogen and oxygen atoms in total. The van der Waals surface area contributed by atoms with Gasteiger partial charge in [0.25, 0.3) is 5.91 Å². The molecular weight excluding hydrogens is 320 g/mol. The Hall–Kier alpha value is -1.48. The summed E-state index contributed by atoms with van der Waals surface area (Å²) in [7, 11) is -3.57. The molecule has 2 aliphatic heterocycles. The maximum atomic E-state index is 12.6. The van der Waals surface area contributed by atoms with Gasteiger partial charge in [0.1, 0.15) is 6.10 Å². The van der Waals surface area contributed by atoms with Gasteiger partial charge in [0.2, 0.25) is 10.0 Å². The Labute approximate surface area is 135 Å². The molecule has 2 saturated heterocycles. The number of amides is 1. The molecule has 2 aliphatic rings. The van der Waals surface area contributed by atoms with Crippen molar-refractivity contribution in [2.24, 2.45) is 0 Å². The number of benzene rings is 1. The molecule has 23 heavy (non-hydrogen) atoms. The largest absolute Gasteiger partial charge is 0.379 e. The zero-order chi connectivity index (χ0) is 16.3. The van der Waals surface area contributed by atoms with Crippen LogP contribution in [-0.4, -0.2) is 57.6 Å². The highest BCUT2D eigenvalue weighted by molar-refractivity contribution is 7.89. The molecule has 1 amide bonds. The molecule has 0 bridgehead atoms. The summed E-state index contributed by atoms with van der Waals surface area (Å²) >= 11 is 0. The van der Waals surface area contributed by atoms with Crippen LogP contribution < -0.4 is 5.32 Å². The van der Waals surface area contributed by atoms with Gasteiger partial charge in [-0.15, -0.1) is 0 Å². The zero-order valence-electron chi connectivity index (χ0n) is 12.7. The first kappa shape index (κ1) is 16.4. The van der Waals surface area contributed by atoms with E-state index in [1.165, 1.54) is 16.4 Å². The summed E-state index contributed by atoms with van der Waals surface area (Å²) in [4.78, 5) is 12.2. The summed E-state index contributed by atoms with van der Waals surface area (Å²) in [6.45, 7) is 2.07. The first-order valence-electron chi connectivity index (χ1n) is 7.68. The van der Waals surface area contributed by atoms with E-state index >= 15 is 0 Å². The number of rotatable bonds is 4. The topological polar surface area (TPSA) is 84.9 Å². The average molecular weight is 340 g/mol. The van der Waals surface area contributed by atoms with Crippen molar-refractivity contribution in [3.63, 3.8) is 0 Å². The zero-order valence-corrected chi connectivity index (χ0v) is 13.5. The van der Waals surface area contributed by atoms with Crippen molar-refractivity contribution in [3.8, 4) is 0 Å². The molecule has 3 rings (SSSR count). The van der Waals surface area contributed by atoms with E-state index in [1.54, 1.807) is 12.1 Å². The van der Waals surface area contributed by atoms with E-state index in [-0.39, 0.29) is 10.8 Å². The van der Waals surface area contributed by atoms with Gasteiger partial charge < -0.3 is 14.8 Å². The van der Waals surface area contributed by atoms with Gasteiger partial charge in [-0.3, -0.25) is 4.79 Å². The van der Waals surface area contributed by atoms with Gasteiger partial charge in [0.05, 0.1) is 18.1 Å². The van der Waals surface area contributed by atoms with Crippen molar-refractivity contribution in [2.75, 3.05) is 38.2 Å². The van der Waals surface area contributed by atoms with Gasteiger partial charge in [0, 0.05) is 25.4 Å². The Kier molecular flexibility index (Phi) is 4.96. The Morgan fingerprint density at radius 1 is 1.22 bits per heavy atom. The van der Waals surface area contributed by atoms with Gasteiger partial charge in [-0.1, -0.05) is 6.07 Å². The van der Waals surface area contributed by atoms with Crippen LogP contribution in [0.1, 0.15) is 12.8 Å². The highest BCUT2D eigenvalue weighted by atomic mass is 32.2. The van der Waals surface area contributed by atoms with E-state index in [0.717, 1.165) is 6.42 Å². The van der Waals surface area contributed by atoms with Crippen molar-refractivity contribution < 1.29 is 22.7 Å². The molecule has 8 heteroatoms. The number of morpholine rings is 1. The fraction of sp³-hybridized carbons (Fsp3) is 0.533. The second-order valence-corrected chi connectivity index (χ2v) is 7.47. The molecule has 0 spiro atoms. The first-order valence-corrected chi connectivity index (χ1v) is 9.12.